The fourth-order valence-electron chi connectivity index (χ4n) is 1.86. The molecule has 1 aliphatic rings. The maximum Gasteiger partial charge on any atom is 0.108 e. The van der Waals surface area contributed by atoms with Gasteiger partial charge >= 0.3 is 0 Å². The summed E-state index contributed by atoms with van der Waals surface area (Å²) < 4.78 is 0. The third-order valence-electron chi connectivity index (χ3n) is 2.92. The Bertz CT molecular complexity index is 173. The van der Waals surface area contributed by atoms with Crippen LogP contribution in [0.25, 0.3) is 0 Å². The van der Waals surface area contributed by atoms with Crippen LogP contribution < -0.4 is 0 Å². The molecule has 5 nitrogen and oxygen atoms in total. The molecule has 90 valence electrons. The molecule has 0 radical (unpaired) electrons. The van der Waals surface area contributed by atoms with Crippen LogP contribution in [0.1, 0.15) is 19.3 Å². The molecule has 1 saturated heterocycles. The standard InChI is InChI=1S/C10H21NO4/c12-7-9(14)10(15)8(13)3-6-11-4-1-2-5-11/h8-10,12-15H,1-7H2/t8-,9-,10-/m1/s1. The highest BCUT2D eigenvalue weighted by atomic mass is 16.4. The van der Waals surface area contributed by atoms with Crippen LogP contribution in [0, 0.1) is 0 Å². The molecule has 0 unspecified atom stereocenters. The van der Waals surface area contributed by atoms with Gasteiger partial charge in [0.15, 0.2) is 0 Å². The number of rotatable bonds is 6. The van der Waals surface area contributed by atoms with Crippen LogP contribution in [0.5, 0.6) is 0 Å². The Hall–Kier alpha value is -0.200. The van der Waals surface area contributed by atoms with Gasteiger partial charge in [0, 0.05) is 6.54 Å². The molecule has 0 amide bonds. The highest BCUT2D eigenvalue weighted by Crippen LogP contribution is 2.10. The van der Waals surface area contributed by atoms with E-state index in [9.17, 15) is 10.2 Å². The highest BCUT2D eigenvalue weighted by molar-refractivity contribution is 4.76. The van der Waals surface area contributed by atoms with Crippen molar-refractivity contribution in [1.82, 2.24) is 4.90 Å². The molecule has 1 aliphatic heterocycles. The normalized spacial score (nSPS) is 24.0. The molecular formula is C10H21NO4. The molecule has 0 aromatic rings. The van der Waals surface area contributed by atoms with Gasteiger partial charge < -0.3 is 25.3 Å². The van der Waals surface area contributed by atoms with Gasteiger partial charge in [-0.2, -0.15) is 0 Å². The average Bonchev–Trinajstić information content (AvgIpc) is 2.76. The van der Waals surface area contributed by atoms with Gasteiger partial charge in [0.05, 0.1) is 12.7 Å². The molecule has 1 heterocycles. The number of likely N-dealkylation sites (tertiary alicyclic amines) is 1. The van der Waals surface area contributed by atoms with E-state index in [-0.39, 0.29) is 0 Å². The van der Waals surface area contributed by atoms with Crippen molar-refractivity contribution in [2.45, 2.75) is 37.6 Å². The number of hydrogen-bond donors (Lipinski definition) is 4. The third kappa shape index (κ3) is 4.04. The van der Waals surface area contributed by atoms with E-state index in [1.165, 1.54) is 12.8 Å². The van der Waals surface area contributed by atoms with Gasteiger partial charge in [-0.1, -0.05) is 0 Å². The highest BCUT2D eigenvalue weighted by Gasteiger charge is 2.24. The third-order valence-corrected chi connectivity index (χ3v) is 2.92. The molecule has 15 heavy (non-hydrogen) atoms. The van der Waals surface area contributed by atoms with Gasteiger partial charge in [-0.05, 0) is 32.4 Å². The molecule has 0 aliphatic carbocycles. The van der Waals surface area contributed by atoms with E-state index in [0.29, 0.717) is 6.42 Å². The molecule has 1 rings (SSSR count). The van der Waals surface area contributed by atoms with Crippen molar-refractivity contribution in [3.63, 3.8) is 0 Å². The van der Waals surface area contributed by atoms with Crippen LogP contribution in [0.2, 0.25) is 0 Å². The molecule has 0 aromatic carbocycles. The van der Waals surface area contributed by atoms with Crippen LogP contribution in [0.4, 0.5) is 0 Å². The molecule has 5 heteroatoms. The Kier molecular flexibility index (Phi) is 5.49. The maximum atomic E-state index is 9.53. The predicted molar refractivity (Wildman–Crippen MR) is 55.4 cm³/mol. The molecule has 4 N–H and O–H groups in total. The summed E-state index contributed by atoms with van der Waals surface area (Å²) in [6, 6.07) is 0. The van der Waals surface area contributed by atoms with Gasteiger partial charge in [0.2, 0.25) is 0 Å². The molecule has 0 bridgehead atoms. The summed E-state index contributed by atoms with van der Waals surface area (Å²) in [4.78, 5) is 2.22. The van der Waals surface area contributed by atoms with Crippen molar-refractivity contribution in [2.24, 2.45) is 0 Å². The fourth-order valence-corrected chi connectivity index (χ4v) is 1.86. The topological polar surface area (TPSA) is 84.2 Å². The van der Waals surface area contributed by atoms with Crippen molar-refractivity contribution >= 4 is 0 Å². The Balaban J connectivity index is 2.19. The Labute approximate surface area is 90.0 Å². The van der Waals surface area contributed by atoms with Gasteiger partial charge in [0.25, 0.3) is 0 Å². The molecule has 3 atom stereocenters. The lowest BCUT2D eigenvalue weighted by Crippen LogP contribution is -2.41. The summed E-state index contributed by atoms with van der Waals surface area (Å²) in [5.74, 6) is 0. The zero-order chi connectivity index (χ0) is 11.3. The summed E-state index contributed by atoms with van der Waals surface area (Å²) in [7, 11) is 0. The van der Waals surface area contributed by atoms with E-state index < -0.39 is 24.9 Å². The minimum atomic E-state index is -1.25. The van der Waals surface area contributed by atoms with Gasteiger partial charge in [0.1, 0.15) is 12.2 Å². The van der Waals surface area contributed by atoms with Crippen LogP contribution in [-0.4, -0.2) is 69.9 Å². The molecule has 1 fully saturated rings. The van der Waals surface area contributed by atoms with E-state index >= 15 is 0 Å². The second-order valence-electron chi connectivity index (χ2n) is 4.15. The molecular weight excluding hydrogens is 198 g/mol. The summed E-state index contributed by atoms with van der Waals surface area (Å²) >= 11 is 0. The summed E-state index contributed by atoms with van der Waals surface area (Å²) in [5, 5.41) is 36.6. The summed E-state index contributed by atoms with van der Waals surface area (Å²) in [6.07, 6.45) is -0.655. The Morgan fingerprint density at radius 3 is 2.13 bits per heavy atom. The number of nitrogens with zero attached hydrogens (tertiary/aromatic N) is 1. The van der Waals surface area contributed by atoms with Crippen LogP contribution in [0.3, 0.4) is 0 Å². The van der Waals surface area contributed by atoms with Crippen LogP contribution >= 0.6 is 0 Å². The number of aliphatic hydroxyl groups is 4. The van der Waals surface area contributed by atoms with Crippen molar-refractivity contribution in [2.75, 3.05) is 26.2 Å². The lowest BCUT2D eigenvalue weighted by molar-refractivity contribution is -0.0796. The van der Waals surface area contributed by atoms with E-state index in [1.807, 2.05) is 0 Å². The quantitative estimate of drug-likeness (QED) is 0.439. The fraction of sp³-hybridized carbons (Fsp3) is 1.00. The van der Waals surface area contributed by atoms with Crippen molar-refractivity contribution < 1.29 is 20.4 Å². The minimum Gasteiger partial charge on any atom is -0.394 e. The lowest BCUT2D eigenvalue weighted by Gasteiger charge is -2.23. The second-order valence-corrected chi connectivity index (χ2v) is 4.15. The zero-order valence-electron chi connectivity index (χ0n) is 8.92. The first-order valence-corrected chi connectivity index (χ1v) is 5.52. The van der Waals surface area contributed by atoms with Gasteiger partial charge in [-0.15, -0.1) is 0 Å². The van der Waals surface area contributed by atoms with Gasteiger partial charge in [-0.25, -0.2) is 0 Å². The zero-order valence-corrected chi connectivity index (χ0v) is 8.92. The first-order valence-electron chi connectivity index (χ1n) is 5.52. The van der Waals surface area contributed by atoms with E-state index in [2.05, 4.69) is 4.90 Å². The average molecular weight is 219 g/mol. The largest absolute Gasteiger partial charge is 0.394 e. The van der Waals surface area contributed by atoms with Crippen molar-refractivity contribution in [3.8, 4) is 0 Å². The van der Waals surface area contributed by atoms with E-state index in [0.717, 1.165) is 19.6 Å². The van der Waals surface area contributed by atoms with E-state index in [1.54, 1.807) is 0 Å². The monoisotopic (exact) mass is 219 g/mol. The first kappa shape index (κ1) is 12.9. The summed E-state index contributed by atoms with van der Waals surface area (Å²) in [6.45, 7) is 2.30. The molecule has 0 aromatic heterocycles. The summed E-state index contributed by atoms with van der Waals surface area (Å²) in [5.41, 5.74) is 0. The van der Waals surface area contributed by atoms with Gasteiger partial charge in [-0.3, -0.25) is 0 Å². The second kappa shape index (κ2) is 6.40. The Morgan fingerprint density at radius 1 is 1.00 bits per heavy atom. The van der Waals surface area contributed by atoms with Crippen LogP contribution in [-0.2, 0) is 0 Å². The number of aliphatic hydroxyl groups excluding tert-OH is 4. The molecule has 0 spiro atoms. The first-order chi connectivity index (χ1) is 7.15. The predicted octanol–water partition coefficient (Wildman–Crippen LogP) is -1.45. The van der Waals surface area contributed by atoms with Crippen molar-refractivity contribution in [3.05, 3.63) is 0 Å². The maximum absolute atomic E-state index is 9.53. The Morgan fingerprint density at radius 2 is 1.60 bits per heavy atom. The van der Waals surface area contributed by atoms with Crippen molar-refractivity contribution in [1.29, 1.82) is 0 Å². The molecule has 0 saturated carbocycles. The smallest absolute Gasteiger partial charge is 0.108 e. The SMILES string of the molecule is OC[C@@H](O)[C@H](O)[C@H](O)CCN1CCCC1. The van der Waals surface area contributed by atoms with Crippen LogP contribution in [0.15, 0.2) is 0 Å². The lowest BCUT2D eigenvalue weighted by atomic mass is 10.1. The van der Waals surface area contributed by atoms with E-state index in [4.69, 9.17) is 10.2 Å². The minimum absolute atomic E-state index is 0.429. The number of hydrogen-bond acceptors (Lipinski definition) is 5.